The molecule has 21 heavy (non-hydrogen) atoms. The molecule has 0 fully saturated rings. The third kappa shape index (κ3) is 3.08. The molecular formula is C16H14F4O. The quantitative estimate of drug-likeness (QED) is 0.814. The minimum atomic E-state index is -4.43. The Hall–Kier alpha value is -1.88. The first-order valence-electron chi connectivity index (χ1n) is 6.29. The first-order valence-corrected chi connectivity index (χ1v) is 6.29. The molecule has 2 rings (SSSR count). The Morgan fingerprint density at radius 3 is 1.90 bits per heavy atom. The van der Waals surface area contributed by atoms with Gasteiger partial charge in [0.2, 0.25) is 0 Å². The van der Waals surface area contributed by atoms with Crippen LogP contribution in [-0.2, 0) is 11.8 Å². The fourth-order valence-corrected chi connectivity index (χ4v) is 2.32. The summed E-state index contributed by atoms with van der Waals surface area (Å²) in [6.07, 6.45) is -4.43. The van der Waals surface area contributed by atoms with Crippen LogP contribution in [0.25, 0.3) is 0 Å². The Kier molecular flexibility index (Phi) is 3.80. The highest BCUT2D eigenvalue weighted by atomic mass is 19.4. The van der Waals surface area contributed by atoms with Crippen molar-refractivity contribution in [3.8, 4) is 0 Å². The molecule has 0 radical (unpaired) electrons. The number of aliphatic hydroxyl groups is 1. The number of rotatable bonds is 2. The van der Waals surface area contributed by atoms with E-state index >= 15 is 0 Å². The van der Waals surface area contributed by atoms with Gasteiger partial charge in [0.15, 0.2) is 0 Å². The van der Waals surface area contributed by atoms with E-state index in [1.165, 1.54) is 44.2 Å². The lowest BCUT2D eigenvalue weighted by Gasteiger charge is -2.27. The summed E-state index contributed by atoms with van der Waals surface area (Å²) in [6.45, 7) is 2.97. The van der Waals surface area contributed by atoms with Gasteiger partial charge in [0.05, 0.1) is 5.56 Å². The lowest BCUT2D eigenvalue weighted by atomic mass is 9.85. The van der Waals surface area contributed by atoms with E-state index < -0.39 is 23.2 Å². The van der Waals surface area contributed by atoms with Crippen molar-refractivity contribution in [3.63, 3.8) is 0 Å². The van der Waals surface area contributed by atoms with Gasteiger partial charge >= 0.3 is 6.18 Å². The predicted octanol–water partition coefficient (Wildman–Crippen LogP) is 4.41. The summed E-state index contributed by atoms with van der Waals surface area (Å²) in [6, 6.07) is 8.39. The van der Waals surface area contributed by atoms with Crippen LogP contribution in [0, 0.1) is 12.7 Å². The van der Waals surface area contributed by atoms with Gasteiger partial charge in [0.1, 0.15) is 11.4 Å². The van der Waals surface area contributed by atoms with E-state index in [1.807, 2.05) is 0 Å². The highest BCUT2D eigenvalue weighted by Gasteiger charge is 2.33. The number of benzene rings is 2. The first-order chi connectivity index (χ1) is 9.62. The van der Waals surface area contributed by atoms with Crippen LogP contribution < -0.4 is 0 Å². The molecule has 2 aromatic rings. The Bertz CT molecular complexity index is 642. The largest absolute Gasteiger partial charge is 0.416 e. The molecule has 1 atom stereocenters. The fourth-order valence-electron chi connectivity index (χ4n) is 2.32. The summed E-state index contributed by atoms with van der Waals surface area (Å²) in [5, 5.41) is 10.6. The molecule has 0 aliphatic heterocycles. The molecule has 1 unspecified atom stereocenters. The lowest BCUT2D eigenvalue weighted by Crippen LogP contribution is -2.24. The van der Waals surface area contributed by atoms with Crippen LogP contribution in [0.2, 0.25) is 0 Å². The zero-order chi connectivity index (χ0) is 15.8. The van der Waals surface area contributed by atoms with Gasteiger partial charge < -0.3 is 5.11 Å². The molecule has 0 saturated heterocycles. The van der Waals surface area contributed by atoms with Crippen molar-refractivity contribution in [2.45, 2.75) is 25.6 Å². The van der Waals surface area contributed by atoms with E-state index in [0.29, 0.717) is 16.7 Å². The van der Waals surface area contributed by atoms with Gasteiger partial charge in [-0.25, -0.2) is 4.39 Å². The molecule has 0 heterocycles. The average Bonchev–Trinajstić information content (AvgIpc) is 2.37. The normalized spacial score (nSPS) is 14.8. The van der Waals surface area contributed by atoms with Crippen molar-refractivity contribution < 1.29 is 22.7 Å². The minimum absolute atomic E-state index is 0.319. The van der Waals surface area contributed by atoms with Crippen molar-refractivity contribution in [3.05, 3.63) is 70.5 Å². The maximum atomic E-state index is 12.9. The molecule has 0 aliphatic carbocycles. The Balaban J connectivity index is 2.47. The molecule has 112 valence electrons. The van der Waals surface area contributed by atoms with Crippen molar-refractivity contribution >= 4 is 0 Å². The summed E-state index contributed by atoms with van der Waals surface area (Å²) >= 11 is 0. The molecule has 0 amide bonds. The van der Waals surface area contributed by atoms with Gasteiger partial charge in [-0.3, -0.25) is 0 Å². The lowest BCUT2D eigenvalue weighted by molar-refractivity contribution is -0.137. The third-order valence-electron chi connectivity index (χ3n) is 3.48. The van der Waals surface area contributed by atoms with Crippen molar-refractivity contribution in [1.82, 2.24) is 0 Å². The van der Waals surface area contributed by atoms with Crippen molar-refractivity contribution in [1.29, 1.82) is 0 Å². The summed E-state index contributed by atoms with van der Waals surface area (Å²) in [5.41, 5.74) is -1.19. The molecule has 0 bridgehead atoms. The number of alkyl halides is 3. The Morgan fingerprint density at radius 1 is 0.905 bits per heavy atom. The summed E-state index contributed by atoms with van der Waals surface area (Å²) in [7, 11) is 0. The molecule has 1 N–H and O–H groups in total. The second-order valence-corrected chi connectivity index (χ2v) is 5.11. The van der Waals surface area contributed by atoms with Gasteiger partial charge in [-0.05, 0) is 54.8 Å². The smallest absolute Gasteiger partial charge is 0.381 e. The number of hydrogen-bond acceptors (Lipinski definition) is 1. The van der Waals surface area contributed by atoms with Crippen LogP contribution >= 0.6 is 0 Å². The predicted molar refractivity (Wildman–Crippen MR) is 71.3 cm³/mol. The standard InChI is InChI=1S/C16H14F4O/c1-10-9-12(16(18,19)20)5-8-14(10)15(2,21)11-3-6-13(17)7-4-11/h3-9,21H,1-2H3. The highest BCUT2D eigenvalue weighted by Crippen LogP contribution is 2.35. The maximum Gasteiger partial charge on any atom is 0.416 e. The zero-order valence-electron chi connectivity index (χ0n) is 11.5. The summed E-state index contributed by atoms with van der Waals surface area (Å²) < 4.78 is 50.9. The van der Waals surface area contributed by atoms with Gasteiger partial charge in [0.25, 0.3) is 0 Å². The van der Waals surface area contributed by atoms with E-state index in [0.717, 1.165) is 12.1 Å². The van der Waals surface area contributed by atoms with Crippen LogP contribution in [0.1, 0.15) is 29.2 Å². The molecular weight excluding hydrogens is 284 g/mol. The van der Waals surface area contributed by atoms with E-state index in [1.54, 1.807) is 0 Å². The van der Waals surface area contributed by atoms with Gasteiger partial charge in [-0.1, -0.05) is 18.2 Å². The van der Waals surface area contributed by atoms with Gasteiger partial charge in [-0.2, -0.15) is 13.2 Å². The first kappa shape index (κ1) is 15.5. The molecule has 5 heteroatoms. The molecule has 1 nitrogen and oxygen atoms in total. The second kappa shape index (κ2) is 5.15. The number of aryl methyl sites for hydroxylation is 1. The van der Waals surface area contributed by atoms with Crippen molar-refractivity contribution in [2.24, 2.45) is 0 Å². The Labute approximate surface area is 119 Å². The number of halogens is 4. The SMILES string of the molecule is Cc1cc(C(F)(F)F)ccc1C(C)(O)c1ccc(F)cc1. The molecule has 0 saturated carbocycles. The average molecular weight is 298 g/mol. The van der Waals surface area contributed by atoms with E-state index in [9.17, 15) is 22.7 Å². The third-order valence-corrected chi connectivity index (χ3v) is 3.48. The molecule has 0 spiro atoms. The second-order valence-electron chi connectivity index (χ2n) is 5.11. The van der Waals surface area contributed by atoms with Crippen LogP contribution in [0.4, 0.5) is 17.6 Å². The molecule has 0 aliphatic rings. The van der Waals surface area contributed by atoms with Crippen molar-refractivity contribution in [2.75, 3.05) is 0 Å². The van der Waals surface area contributed by atoms with E-state index in [2.05, 4.69) is 0 Å². The van der Waals surface area contributed by atoms with Gasteiger partial charge in [-0.15, -0.1) is 0 Å². The molecule has 2 aromatic carbocycles. The van der Waals surface area contributed by atoms with Gasteiger partial charge in [0, 0.05) is 0 Å². The fraction of sp³-hybridized carbons (Fsp3) is 0.250. The summed E-state index contributed by atoms with van der Waals surface area (Å²) in [5.74, 6) is -0.446. The van der Waals surface area contributed by atoms with E-state index in [4.69, 9.17) is 0 Å². The summed E-state index contributed by atoms with van der Waals surface area (Å²) in [4.78, 5) is 0. The highest BCUT2D eigenvalue weighted by molar-refractivity contribution is 5.42. The molecule has 0 aromatic heterocycles. The zero-order valence-corrected chi connectivity index (χ0v) is 11.5. The number of hydrogen-bond donors (Lipinski definition) is 1. The minimum Gasteiger partial charge on any atom is -0.381 e. The maximum absolute atomic E-state index is 12.9. The van der Waals surface area contributed by atoms with Crippen LogP contribution in [0.3, 0.4) is 0 Å². The monoisotopic (exact) mass is 298 g/mol. The van der Waals surface area contributed by atoms with Crippen LogP contribution in [0.15, 0.2) is 42.5 Å². The van der Waals surface area contributed by atoms with Crippen LogP contribution in [0.5, 0.6) is 0 Å². The van der Waals surface area contributed by atoms with E-state index in [-0.39, 0.29) is 0 Å². The topological polar surface area (TPSA) is 20.2 Å². The Morgan fingerprint density at radius 2 is 1.43 bits per heavy atom. The van der Waals surface area contributed by atoms with Crippen LogP contribution in [-0.4, -0.2) is 5.11 Å².